The number of carbonyl (C=O) groups excluding carboxylic acids is 1. The molecular weight excluding hydrogens is 491 g/mol. The third-order valence-corrected chi connectivity index (χ3v) is 7.54. The number of likely N-dealkylation sites (tertiary alicyclic amines) is 1. The van der Waals surface area contributed by atoms with Crippen LogP contribution in [0.5, 0.6) is 6.01 Å². The molecule has 0 spiro atoms. The summed E-state index contributed by atoms with van der Waals surface area (Å²) in [6.07, 6.45) is 3.22. The Morgan fingerprint density at radius 2 is 1.94 bits per heavy atom. The molecule has 2 fully saturated rings. The molecule has 2 aromatic rings. The van der Waals surface area contributed by atoms with E-state index in [2.05, 4.69) is 15.3 Å². The van der Waals surface area contributed by atoms with E-state index in [4.69, 9.17) is 37.4 Å². The van der Waals surface area contributed by atoms with Crippen molar-refractivity contribution >= 4 is 29.1 Å². The van der Waals surface area contributed by atoms with E-state index in [-0.39, 0.29) is 24.1 Å². The van der Waals surface area contributed by atoms with E-state index in [0.717, 1.165) is 42.7 Å². The Kier molecular flexibility index (Phi) is 8.83. The number of methoxy groups -OCH3 is 2. The van der Waals surface area contributed by atoms with Crippen molar-refractivity contribution in [3.05, 3.63) is 50.8 Å². The molecular formula is C25H32Cl2N4O4. The third-order valence-electron chi connectivity index (χ3n) is 6.81. The van der Waals surface area contributed by atoms with Crippen molar-refractivity contribution in [3.8, 4) is 6.01 Å². The van der Waals surface area contributed by atoms with E-state index in [0.29, 0.717) is 47.9 Å². The number of benzene rings is 1. The predicted octanol–water partition coefficient (Wildman–Crippen LogP) is 3.69. The summed E-state index contributed by atoms with van der Waals surface area (Å²) in [6.45, 7) is 4.56. The summed E-state index contributed by atoms with van der Waals surface area (Å²) < 4.78 is 16.4. The minimum absolute atomic E-state index is 0.0634. The molecule has 2 aliphatic rings. The molecule has 3 heterocycles. The van der Waals surface area contributed by atoms with Crippen molar-refractivity contribution in [1.82, 2.24) is 20.2 Å². The van der Waals surface area contributed by atoms with Crippen molar-refractivity contribution in [2.75, 3.05) is 40.5 Å². The Balaban J connectivity index is 1.44. The first-order chi connectivity index (χ1) is 16.9. The minimum Gasteiger partial charge on any atom is -0.467 e. The number of ether oxygens (including phenoxy) is 3. The van der Waals surface area contributed by atoms with Gasteiger partial charge in [-0.05, 0) is 43.9 Å². The van der Waals surface area contributed by atoms with Crippen LogP contribution < -0.4 is 10.1 Å². The van der Waals surface area contributed by atoms with Crippen molar-refractivity contribution in [1.29, 1.82) is 0 Å². The second-order valence-corrected chi connectivity index (χ2v) is 9.85. The fourth-order valence-corrected chi connectivity index (χ4v) is 5.01. The molecule has 2 atom stereocenters. The summed E-state index contributed by atoms with van der Waals surface area (Å²) in [5, 5.41) is 4.70. The van der Waals surface area contributed by atoms with Crippen LogP contribution in [0.15, 0.2) is 18.2 Å². The van der Waals surface area contributed by atoms with Crippen molar-refractivity contribution in [2.45, 2.75) is 50.8 Å². The maximum absolute atomic E-state index is 13.5. The van der Waals surface area contributed by atoms with Crippen LogP contribution in [0.3, 0.4) is 0 Å². The smallest absolute Gasteiger partial charge is 0.317 e. The average molecular weight is 523 g/mol. The Morgan fingerprint density at radius 3 is 2.63 bits per heavy atom. The number of nitrogens with zero attached hydrogens (tertiary/aromatic N) is 3. The lowest BCUT2D eigenvalue weighted by Crippen LogP contribution is -2.54. The second-order valence-electron chi connectivity index (χ2n) is 9.03. The highest BCUT2D eigenvalue weighted by Crippen LogP contribution is 2.26. The number of piperidine rings is 1. The number of rotatable bonds is 7. The number of amides is 1. The molecule has 0 radical (unpaired) electrons. The lowest BCUT2D eigenvalue weighted by molar-refractivity contribution is -0.0533. The van der Waals surface area contributed by atoms with Gasteiger partial charge in [-0.1, -0.05) is 29.3 Å². The normalized spacial score (nSPS) is 21.2. The van der Waals surface area contributed by atoms with E-state index in [9.17, 15) is 4.79 Å². The van der Waals surface area contributed by atoms with Gasteiger partial charge >= 0.3 is 6.01 Å². The monoisotopic (exact) mass is 522 g/mol. The summed E-state index contributed by atoms with van der Waals surface area (Å²) in [5.74, 6) is -0.0992. The Morgan fingerprint density at radius 1 is 1.17 bits per heavy atom. The maximum atomic E-state index is 13.5. The van der Waals surface area contributed by atoms with E-state index < -0.39 is 0 Å². The van der Waals surface area contributed by atoms with Gasteiger partial charge in [0.1, 0.15) is 5.69 Å². The Bertz CT molecular complexity index is 1050. The van der Waals surface area contributed by atoms with Crippen LogP contribution in [0.25, 0.3) is 0 Å². The molecule has 10 heteroatoms. The topological polar surface area (TPSA) is 85.8 Å². The highest BCUT2D eigenvalue weighted by molar-refractivity contribution is 6.42. The summed E-state index contributed by atoms with van der Waals surface area (Å²) in [5.41, 5.74) is 2.78. The van der Waals surface area contributed by atoms with Crippen molar-refractivity contribution < 1.29 is 19.0 Å². The van der Waals surface area contributed by atoms with Gasteiger partial charge in [0.25, 0.3) is 5.91 Å². The lowest BCUT2D eigenvalue weighted by Gasteiger charge is -2.38. The fraction of sp³-hybridized carbons (Fsp3) is 0.560. The molecule has 0 aliphatic carbocycles. The van der Waals surface area contributed by atoms with Gasteiger partial charge in [0, 0.05) is 50.9 Å². The summed E-state index contributed by atoms with van der Waals surface area (Å²) in [7, 11) is 3.23. The number of halogens is 2. The molecule has 2 saturated heterocycles. The second kappa shape index (κ2) is 11.8. The lowest BCUT2D eigenvalue weighted by atomic mass is 9.99. The summed E-state index contributed by atoms with van der Waals surface area (Å²) in [4.78, 5) is 24.3. The van der Waals surface area contributed by atoms with Crippen LogP contribution >= 0.6 is 23.2 Å². The number of hydrogen-bond acceptors (Lipinski definition) is 7. The highest BCUT2D eigenvalue weighted by atomic mass is 35.5. The summed E-state index contributed by atoms with van der Waals surface area (Å²) in [6, 6.07) is 6.25. The van der Waals surface area contributed by atoms with Gasteiger partial charge in [-0.15, -0.1) is 0 Å². The molecule has 4 rings (SSSR count). The first kappa shape index (κ1) is 26.1. The van der Waals surface area contributed by atoms with Gasteiger partial charge in [0.05, 0.1) is 35.6 Å². The third kappa shape index (κ3) is 6.24. The van der Waals surface area contributed by atoms with Gasteiger partial charge in [-0.3, -0.25) is 4.79 Å². The Labute approximate surface area is 216 Å². The van der Waals surface area contributed by atoms with Crippen molar-refractivity contribution in [2.24, 2.45) is 0 Å². The molecule has 35 heavy (non-hydrogen) atoms. The SMILES string of the molecule is COc1nc(Cc2ccc(Cl)c(Cl)c2)c(C)c(C(=O)N2CCC(N[C@H]3CCOC[C@H]3OC)CC2)n1. The van der Waals surface area contributed by atoms with E-state index in [1.165, 1.54) is 7.11 Å². The standard InChI is InChI=1S/C25H32Cl2N4O4/c1-15-21(13-16-4-5-18(26)19(27)12-16)29-25(34-3)30-23(15)24(32)31-9-6-17(7-10-31)28-20-8-11-35-14-22(20)33-2/h4-5,12,17,20,22,28H,6-11,13-14H2,1-3H3/t20-,22+/m0/s1. The quantitative estimate of drug-likeness (QED) is 0.593. The van der Waals surface area contributed by atoms with Crippen LogP contribution in [0.1, 0.15) is 46.6 Å². The Hall–Kier alpha value is -1.97. The highest BCUT2D eigenvalue weighted by Gasteiger charge is 2.31. The van der Waals surface area contributed by atoms with Gasteiger partial charge in [0.2, 0.25) is 0 Å². The van der Waals surface area contributed by atoms with Crippen LogP contribution in [0.4, 0.5) is 0 Å². The first-order valence-corrected chi connectivity index (χ1v) is 12.7. The van der Waals surface area contributed by atoms with Crippen molar-refractivity contribution in [3.63, 3.8) is 0 Å². The van der Waals surface area contributed by atoms with Crippen LogP contribution in [-0.2, 0) is 15.9 Å². The zero-order valence-corrected chi connectivity index (χ0v) is 21.9. The van der Waals surface area contributed by atoms with Gasteiger partial charge in [-0.2, -0.15) is 9.97 Å². The van der Waals surface area contributed by atoms with Crippen LogP contribution in [0, 0.1) is 6.92 Å². The zero-order chi connectivity index (χ0) is 24.9. The molecule has 0 bridgehead atoms. The molecule has 1 amide bonds. The van der Waals surface area contributed by atoms with Gasteiger partial charge in [0.15, 0.2) is 0 Å². The zero-order valence-electron chi connectivity index (χ0n) is 20.4. The molecule has 0 unspecified atom stereocenters. The molecule has 1 N–H and O–H groups in total. The largest absolute Gasteiger partial charge is 0.467 e. The fourth-order valence-electron chi connectivity index (χ4n) is 4.69. The maximum Gasteiger partial charge on any atom is 0.317 e. The molecule has 2 aliphatic heterocycles. The van der Waals surface area contributed by atoms with Gasteiger partial charge in [-0.25, -0.2) is 0 Å². The molecule has 1 aromatic heterocycles. The molecule has 0 saturated carbocycles. The molecule has 8 nitrogen and oxygen atoms in total. The minimum atomic E-state index is -0.0992. The van der Waals surface area contributed by atoms with Gasteiger partial charge < -0.3 is 24.4 Å². The van der Waals surface area contributed by atoms with E-state index in [1.54, 1.807) is 13.2 Å². The first-order valence-electron chi connectivity index (χ1n) is 11.9. The molecule has 1 aromatic carbocycles. The average Bonchev–Trinajstić information content (AvgIpc) is 2.88. The number of aromatic nitrogens is 2. The number of carbonyl (C=O) groups is 1. The van der Waals surface area contributed by atoms with E-state index in [1.807, 2.05) is 24.0 Å². The summed E-state index contributed by atoms with van der Waals surface area (Å²) >= 11 is 12.2. The predicted molar refractivity (Wildman–Crippen MR) is 135 cm³/mol. The number of nitrogens with one attached hydrogen (secondary N) is 1. The number of hydrogen-bond donors (Lipinski definition) is 1. The van der Waals surface area contributed by atoms with Crippen LogP contribution in [-0.4, -0.2) is 79.5 Å². The molecule has 190 valence electrons. The van der Waals surface area contributed by atoms with E-state index >= 15 is 0 Å². The van der Waals surface area contributed by atoms with Crippen LogP contribution in [0.2, 0.25) is 10.0 Å².